The van der Waals surface area contributed by atoms with Crippen LogP contribution in [0.25, 0.3) is 87.2 Å². The smallest absolute Gasteiger partial charge is 0.0648 e. The van der Waals surface area contributed by atoms with Crippen LogP contribution < -0.4 is 5.19 Å². The zero-order chi connectivity index (χ0) is 38.9. The lowest BCUT2D eigenvalue weighted by Gasteiger charge is -2.43. The highest BCUT2D eigenvalue weighted by Crippen LogP contribution is 2.48. The largest absolute Gasteiger partial charge is 0.0942 e. The first-order valence-electron chi connectivity index (χ1n) is 20.6. The summed E-state index contributed by atoms with van der Waals surface area (Å²) in [5, 5.41) is 14.6. The summed E-state index contributed by atoms with van der Waals surface area (Å²) in [6, 6.07) is 58.1. The lowest BCUT2D eigenvalue weighted by atomic mass is 9.82. The third-order valence-corrected chi connectivity index (χ3v) is 20.4. The van der Waals surface area contributed by atoms with Gasteiger partial charge in [0.15, 0.2) is 0 Å². The molecule has 56 heavy (non-hydrogen) atoms. The molecule has 0 heterocycles. The Morgan fingerprint density at radius 1 is 0.339 bits per heavy atom. The van der Waals surface area contributed by atoms with Crippen LogP contribution in [0, 0.1) is 13.8 Å². The quantitative estimate of drug-likeness (QED) is 0.113. The molecule has 0 saturated heterocycles. The number of aryl methyl sites for hydroxylation is 2. The molecule has 1 heteroatoms. The van der Waals surface area contributed by atoms with Crippen LogP contribution in [0.3, 0.4) is 0 Å². The van der Waals surface area contributed by atoms with Gasteiger partial charge in [0.2, 0.25) is 0 Å². The number of fused-ring (bicyclic) bond motifs is 5. The fourth-order valence-corrected chi connectivity index (χ4v) is 17.7. The molecule has 0 spiro atoms. The van der Waals surface area contributed by atoms with Gasteiger partial charge in [-0.25, -0.2) is 0 Å². The van der Waals surface area contributed by atoms with Gasteiger partial charge in [-0.3, -0.25) is 0 Å². The van der Waals surface area contributed by atoms with Gasteiger partial charge in [0, 0.05) is 0 Å². The average Bonchev–Trinajstić information content (AvgIpc) is 3.20. The van der Waals surface area contributed by atoms with Crippen LogP contribution in [0.15, 0.2) is 152 Å². The molecular formula is C55H52Si. The summed E-state index contributed by atoms with van der Waals surface area (Å²) in [4.78, 5) is 0. The molecule has 0 radical (unpaired) electrons. The minimum Gasteiger partial charge on any atom is -0.0648 e. The van der Waals surface area contributed by atoms with Gasteiger partial charge in [-0.1, -0.05) is 186 Å². The Morgan fingerprint density at radius 2 is 0.768 bits per heavy atom. The molecule has 0 N–H and O–H groups in total. The summed E-state index contributed by atoms with van der Waals surface area (Å²) in [5.74, 6) is 0. The number of rotatable bonds is 7. The third-order valence-electron chi connectivity index (χ3n) is 13.4. The van der Waals surface area contributed by atoms with Crippen molar-refractivity contribution in [2.45, 2.75) is 72.0 Å². The standard InChI is InChI=1S/C55H52Si/c1-34(2)56(35(3)4,36(5)6)43-27-25-39-23-24-40(31-42(39)32-43)41-26-30-52-53(33-41)55(51-29-22-38(8)45-16-10-12-18-47(45)51)49-20-14-13-19-48(49)54(52)50-28-21-37(7)44-15-9-11-17-46(44)50/h9-36H,1-8H3. The monoisotopic (exact) mass is 740 g/mol. The molecule has 9 aromatic carbocycles. The maximum atomic E-state index is 2.56. The predicted octanol–water partition coefficient (Wildman–Crippen LogP) is 16.0. The molecule has 0 nitrogen and oxygen atoms in total. The van der Waals surface area contributed by atoms with Crippen LogP contribution in [-0.4, -0.2) is 8.07 Å². The van der Waals surface area contributed by atoms with Gasteiger partial charge < -0.3 is 0 Å². The molecule has 0 saturated carbocycles. The molecule has 9 aromatic rings. The minimum absolute atomic E-state index is 0.662. The van der Waals surface area contributed by atoms with E-state index in [9.17, 15) is 0 Å². The highest BCUT2D eigenvalue weighted by molar-refractivity contribution is 6.95. The van der Waals surface area contributed by atoms with E-state index < -0.39 is 8.07 Å². The van der Waals surface area contributed by atoms with E-state index in [1.165, 1.54) is 98.4 Å². The van der Waals surface area contributed by atoms with Crippen molar-refractivity contribution in [1.82, 2.24) is 0 Å². The third kappa shape index (κ3) is 5.54. The zero-order valence-corrected chi connectivity index (χ0v) is 35.2. The molecule has 0 aliphatic carbocycles. The van der Waals surface area contributed by atoms with E-state index in [4.69, 9.17) is 0 Å². The van der Waals surface area contributed by atoms with Crippen molar-refractivity contribution in [3.05, 3.63) is 163 Å². The van der Waals surface area contributed by atoms with Gasteiger partial charge in [0.1, 0.15) is 0 Å². The SMILES string of the molecule is Cc1ccc(-c2c3ccccc3c(-c3ccc(C)c4ccccc34)c3cc(-c4ccc5ccc([Si](C(C)C)(C(C)C)C(C)C)cc5c4)ccc23)c2ccccc12. The first-order valence-corrected chi connectivity index (χ1v) is 22.8. The molecule has 0 fully saturated rings. The van der Waals surface area contributed by atoms with Crippen molar-refractivity contribution in [3.63, 3.8) is 0 Å². The molecule has 0 atom stereocenters. The van der Waals surface area contributed by atoms with Crippen molar-refractivity contribution in [1.29, 1.82) is 0 Å². The maximum Gasteiger partial charge on any atom is 0.0942 e. The van der Waals surface area contributed by atoms with Gasteiger partial charge in [-0.15, -0.1) is 0 Å². The molecular weight excluding hydrogens is 689 g/mol. The summed E-state index contributed by atoms with van der Waals surface area (Å²) in [6.07, 6.45) is 0. The summed E-state index contributed by atoms with van der Waals surface area (Å²) in [7, 11) is -1.81. The number of benzene rings is 9. The van der Waals surface area contributed by atoms with Crippen LogP contribution in [-0.2, 0) is 0 Å². The Kier molecular flexibility index (Phi) is 8.98. The Labute approximate surface area is 333 Å². The average molecular weight is 741 g/mol. The molecule has 0 aromatic heterocycles. The Balaban J connectivity index is 1.36. The summed E-state index contributed by atoms with van der Waals surface area (Å²) >= 11 is 0. The maximum absolute atomic E-state index is 2.56. The highest BCUT2D eigenvalue weighted by Gasteiger charge is 2.44. The van der Waals surface area contributed by atoms with Gasteiger partial charge in [-0.05, 0) is 141 Å². The van der Waals surface area contributed by atoms with Crippen LogP contribution in [0.4, 0.5) is 0 Å². The van der Waals surface area contributed by atoms with Gasteiger partial charge in [0.05, 0.1) is 8.07 Å². The second-order valence-electron chi connectivity index (χ2n) is 17.2. The van der Waals surface area contributed by atoms with Crippen molar-refractivity contribution < 1.29 is 0 Å². The summed E-state index contributed by atoms with van der Waals surface area (Å²) in [5.41, 5.74) is 12.3. The molecule has 0 bridgehead atoms. The van der Waals surface area contributed by atoms with Crippen LogP contribution >= 0.6 is 0 Å². The Hall–Kier alpha value is -5.50. The first-order chi connectivity index (χ1) is 27.1. The highest BCUT2D eigenvalue weighted by atomic mass is 28.3. The topological polar surface area (TPSA) is 0 Å². The van der Waals surface area contributed by atoms with Crippen molar-refractivity contribution >= 4 is 67.1 Å². The van der Waals surface area contributed by atoms with Gasteiger partial charge in [0.25, 0.3) is 0 Å². The van der Waals surface area contributed by atoms with Crippen LogP contribution in [0.5, 0.6) is 0 Å². The van der Waals surface area contributed by atoms with E-state index in [0.717, 1.165) is 0 Å². The normalized spacial score (nSPS) is 12.4. The van der Waals surface area contributed by atoms with Gasteiger partial charge in [-0.2, -0.15) is 0 Å². The van der Waals surface area contributed by atoms with E-state index >= 15 is 0 Å². The predicted molar refractivity (Wildman–Crippen MR) is 250 cm³/mol. The zero-order valence-electron chi connectivity index (χ0n) is 34.2. The van der Waals surface area contributed by atoms with Crippen molar-refractivity contribution in [3.8, 4) is 33.4 Å². The Morgan fingerprint density at radius 3 is 1.30 bits per heavy atom. The number of hydrogen-bond acceptors (Lipinski definition) is 0. The van der Waals surface area contributed by atoms with E-state index in [1.54, 1.807) is 5.19 Å². The minimum atomic E-state index is -1.81. The fourth-order valence-electron chi connectivity index (χ4n) is 11.0. The number of hydrogen-bond donors (Lipinski definition) is 0. The molecule has 9 rings (SSSR count). The molecule has 0 aliphatic heterocycles. The van der Waals surface area contributed by atoms with Crippen LogP contribution in [0.1, 0.15) is 52.7 Å². The van der Waals surface area contributed by atoms with Crippen molar-refractivity contribution in [2.24, 2.45) is 0 Å². The summed E-state index contributed by atoms with van der Waals surface area (Å²) < 4.78 is 0. The summed E-state index contributed by atoms with van der Waals surface area (Å²) in [6.45, 7) is 19.3. The molecule has 0 amide bonds. The van der Waals surface area contributed by atoms with Gasteiger partial charge >= 0.3 is 0 Å². The second kappa shape index (κ2) is 13.9. The van der Waals surface area contributed by atoms with E-state index in [0.29, 0.717) is 16.6 Å². The van der Waals surface area contributed by atoms with Crippen LogP contribution in [0.2, 0.25) is 16.6 Å². The van der Waals surface area contributed by atoms with E-state index in [-0.39, 0.29) is 0 Å². The van der Waals surface area contributed by atoms with E-state index in [2.05, 4.69) is 207 Å². The van der Waals surface area contributed by atoms with E-state index in [1.807, 2.05) is 0 Å². The first kappa shape index (κ1) is 36.2. The lowest BCUT2D eigenvalue weighted by Crippen LogP contribution is -2.55. The lowest BCUT2D eigenvalue weighted by molar-refractivity contribution is 0.835. The molecule has 0 unspecified atom stereocenters. The molecule has 0 aliphatic rings. The van der Waals surface area contributed by atoms with Crippen molar-refractivity contribution in [2.75, 3.05) is 0 Å². The fraction of sp³-hybridized carbons (Fsp3) is 0.200. The Bertz CT molecular complexity index is 2960. The molecule has 276 valence electrons. The second-order valence-corrected chi connectivity index (χ2v) is 23.1.